The van der Waals surface area contributed by atoms with Gasteiger partial charge >= 0.3 is 0 Å². The first-order valence-electron chi connectivity index (χ1n) is 8.43. The number of aryl methyl sites for hydroxylation is 1. The van der Waals surface area contributed by atoms with Gasteiger partial charge in [0, 0.05) is 11.1 Å². The number of phenolic OH excluding ortho intramolecular Hbond substituents is 1. The van der Waals surface area contributed by atoms with Crippen LogP contribution in [-0.4, -0.2) is 35.7 Å². The Kier molecular flexibility index (Phi) is 3.92. The number of nitrogens with two attached hydrogens (primary N) is 2. The second-order valence-corrected chi connectivity index (χ2v) is 6.39. The molecule has 4 aromatic rings. The highest BCUT2D eigenvalue weighted by atomic mass is 16.3. The Morgan fingerprint density at radius 1 is 1.14 bits per heavy atom. The number of fused-ring (bicyclic) bond motifs is 1. The molecular formula is C19H17N7O2. The number of anilines is 1. The first-order chi connectivity index (χ1) is 13.4. The van der Waals surface area contributed by atoms with Gasteiger partial charge in [0.25, 0.3) is 5.91 Å². The number of nitrogens with zero attached hydrogens (tertiary/aromatic N) is 5. The lowest BCUT2D eigenvalue weighted by atomic mass is 10.1. The zero-order valence-corrected chi connectivity index (χ0v) is 15.2. The number of benzene rings is 1. The fourth-order valence-electron chi connectivity index (χ4n) is 3.28. The number of nitrogen functional groups attached to an aromatic ring is 1. The molecule has 140 valence electrons. The van der Waals surface area contributed by atoms with E-state index in [1.807, 2.05) is 6.92 Å². The van der Waals surface area contributed by atoms with Crippen LogP contribution < -0.4 is 11.5 Å². The summed E-state index contributed by atoms with van der Waals surface area (Å²) in [7, 11) is 0. The summed E-state index contributed by atoms with van der Waals surface area (Å²) in [5.41, 5.74) is 15.9. The maximum atomic E-state index is 12.2. The van der Waals surface area contributed by atoms with Crippen molar-refractivity contribution in [3.05, 3.63) is 53.5 Å². The molecule has 0 saturated heterocycles. The summed E-state index contributed by atoms with van der Waals surface area (Å²) in [6.45, 7) is 3.64. The minimum absolute atomic E-state index is 0.0773. The van der Waals surface area contributed by atoms with Crippen LogP contribution in [-0.2, 0) is 0 Å². The molecule has 0 radical (unpaired) electrons. The second-order valence-electron chi connectivity index (χ2n) is 6.39. The van der Waals surface area contributed by atoms with Crippen LogP contribution >= 0.6 is 0 Å². The maximum Gasteiger partial charge on any atom is 0.254 e. The smallest absolute Gasteiger partial charge is 0.254 e. The summed E-state index contributed by atoms with van der Waals surface area (Å²) >= 11 is 0. The normalized spacial score (nSPS) is 11.1. The maximum absolute atomic E-state index is 12.2. The summed E-state index contributed by atoms with van der Waals surface area (Å²) in [4.78, 5) is 21.2. The SMILES string of the molecule is Cc1ccc(O)c(C)c1-n1c(N)c(C(N)=O)c2nc(-c3ccnnc3)cnc21. The molecule has 1 aromatic carbocycles. The van der Waals surface area contributed by atoms with Gasteiger partial charge in [-0.1, -0.05) is 6.07 Å². The van der Waals surface area contributed by atoms with Gasteiger partial charge in [0.15, 0.2) is 5.65 Å². The van der Waals surface area contributed by atoms with Crippen molar-refractivity contribution in [2.75, 3.05) is 5.73 Å². The van der Waals surface area contributed by atoms with Gasteiger partial charge in [0.05, 0.1) is 30.0 Å². The highest BCUT2D eigenvalue weighted by Crippen LogP contribution is 2.35. The largest absolute Gasteiger partial charge is 0.508 e. The molecule has 5 N–H and O–H groups in total. The van der Waals surface area contributed by atoms with Crippen molar-refractivity contribution < 1.29 is 9.90 Å². The number of aromatic nitrogens is 5. The standard InChI is InChI=1S/C19H17N7O2/c1-9-3-4-13(27)10(2)16(9)26-17(20)14(18(21)28)15-19(26)22-8-12(25-15)11-5-6-23-24-7-11/h3-8,27H,20H2,1-2H3,(H2,21,28). The van der Waals surface area contributed by atoms with E-state index in [0.29, 0.717) is 28.2 Å². The molecule has 0 spiro atoms. The Morgan fingerprint density at radius 3 is 2.61 bits per heavy atom. The van der Waals surface area contributed by atoms with E-state index in [9.17, 15) is 9.90 Å². The predicted molar refractivity (Wildman–Crippen MR) is 104 cm³/mol. The third-order valence-corrected chi connectivity index (χ3v) is 4.65. The molecule has 0 fully saturated rings. The Balaban J connectivity index is 2.09. The summed E-state index contributed by atoms with van der Waals surface area (Å²) in [5, 5.41) is 17.7. The molecule has 0 aliphatic rings. The van der Waals surface area contributed by atoms with Crippen molar-refractivity contribution in [3.63, 3.8) is 0 Å². The molecule has 0 bridgehead atoms. The first-order valence-corrected chi connectivity index (χ1v) is 8.43. The van der Waals surface area contributed by atoms with Gasteiger partial charge < -0.3 is 16.6 Å². The summed E-state index contributed by atoms with van der Waals surface area (Å²) in [6.07, 6.45) is 4.65. The highest BCUT2D eigenvalue weighted by molar-refractivity contribution is 6.09. The van der Waals surface area contributed by atoms with Crippen LogP contribution in [0.4, 0.5) is 5.82 Å². The van der Waals surface area contributed by atoms with Crippen molar-refractivity contribution in [1.29, 1.82) is 0 Å². The number of rotatable bonds is 3. The van der Waals surface area contributed by atoms with E-state index < -0.39 is 5.91 Å². The lowest BCUT2D eigenvalue weighted by molar-refractivity contribution is 0.100. The quantitative estimate of drug-likeness (QED) is 0.495. The van der Waals surface area contributed by atoms with Crippen molar-refractivity contribution in [2.24, 2.45) is 5.73 Å². The third kappa shape index (κ3) is 2.52. The lowest BCUT2D eigenvalue weighted by Crippen LogP contribution is -2.14. The summed E-state index contributed by atoms with van der Waals surface area (Å²) < 4.78 is 1.60. The fraction of sp³-hybridized carbons (Fsp3) is 0.105. The van der Waals surface area contributed by atoms with Gasteiger partial charge in [0.1, 0.15) is 22.6 Å². The van der Waals surface area contributed by atoms with Crippen molar-refractivity contribution in [3.8, 4) is 22.7 Å². The average Bonchev–Trinajstić information content (AvgIpc) is 2.97. The van der Waals surface area contributed by atoms with Crippen molar-refractivity contribution >= 4 is 22.9 Å². The van der Waals surface area contributed by atoms with Crippen LogP contribution in [0.25, 0.3) is 28.1 Å². The van der Waals surface area contributed by atoms with Gasteiger partial charge in [-0.15, -0.1) is 0 Å². The van der Waals surface area contributed by atoms with E-state index in [-0.39, 0.29) is 22.6 Å². The molecule has 0 aliphatic carbocycles. The molecule has 9 heteroatoms. The van der Waals surface area contributed by atoms with Crippen LogP contribution in [0.1, 0.15) is 21.5 Å². The van der Waals surface area contributed by atoms with E-state index in [1.54, 1.807) is 42.1 Å². The molecule has 28 heavy (non-hydrogen) atoms. The zero-order chi connectivity index (χ0) is 20.0. The van der Waals surface area contributed by atoms with E-state index in [2.05, 4.69) is 20.2 Å². The molecule has 0 saturated carbocycles. The average molecular weight is 375 g/mol. The van der Waals surface area contributed by atoms with E-state index in [0.717, 1.165) is 5.56 Å². The molecular weight excluding hydrogens is 358 g/mol. The number of hydrogen-bond donors (Lipinski definition) is 3. The molecule has 4 rings (SSSR count). The molecule has 3 heterocycles. The first kappa shape index (κ1) is 17.4. The molecule has 3 aromatic heterocycles. The number of primary amides is 1. The molecule has 0 atom stereocenters. The minimum atomic E-state index is -0.712. The number of carbonyl (C=O) groups is 1. The number of carbonyl (C=O) groups excluding carboxylic acids is 1. The van der Waals surface area contributed by atoms with Gasteiger partial charge in [-0.2, -0.15) is 10.2 Å². The Bertz CT molecular complexity index is 1230. The Labute approximate surface area is 159 Å². The highest BCUT2D eigenvalue weighted by Gasteiger charge is 2.25. The molecule has 9 nitrogen and oxygen atoms in total. The monoisotopic (exact) mass is 375 g/mol. The molecule has 0 aliphatic heterocycles. The number of hydrogen-bond acceptors (Lipinski definition) is 7. The van der Waals surface area contributed by atoms with Gasteiger partial charge in [-0.05, 0) is 31.5 Å². The molecule has 0 unspecified atom stereocenters. The summed E-state index contributed by atoms with van der Waals surface area (Å²) in [6, 6.07) is 5.10. The van der Waals surface area contributed by atoms with Gasteiger partial charge in [-0.3, -0.25) is 9.36 Å². The number of aromatic hydroxyl groups is 1. The topological polar surface area (TPSA) is 146 Å². The Hall–Kier alpha value is -4.01. The Morgan fingerprint density at radius 2 is 1.93 bits per heavy atom. The van der Waals surface area contributed by atoms with Crippen LogP contribution in [0.5, 0.6) is 5.75 Å². The van der Waals surface area contributed by atoms with E-state index >= 15 is 0 Å². The van der Waals surface area contributed by atoms with Crippen LogP contribution in [0, 0.1) is 13.8 Å². The molecule has 1 amide bonds. The van der Waals surface area contributed by atoms with Gasteiger partial charge in [0.2, 0.25) is 0 Å². The van der Waals surface area contributed by atoms with E-state index in [1.165, 1.54) is 6.20 Å². The number of phenols is 1. The van der Waals surface area contributed by atoms with Crippen LogP contribution in [0.3, 0.4) is 0 Å². The number of amides is 1. The zero-order valence-electron chi connectivity index (χ0n) is 15.2. The lowest BCUT2D eigenvalue weighted by Gasteiger charge is -2.15. The fourth-order valence-corrected chi connectivity index (χ4v) is 3.28. The second kappa shape index (κ2) is 6.31. The predicted octanol–water partition coefficient (Wildman–Crippen LogP) is 1.88. The van der Waals surface area contributed by atoms with Crippen molar-refractivity contribution in [1.82, 2.24) is 24.7 Å². The van der Waals surface area contributed by atoms with E-state index in [4.69, 9.17) is 11.5 Å². The van der Waals surface area contributed by atoms with Crippen LogP contribution in [0.15, 0.2) is 36.8 Å². The van der Waals surface area contributed by atoms with Crippen LogP contribution in [0.2, 0.25) is 0 Å². The third-order valence-electron chi connectivity index (χ3n) is 4.65. The minimum Gasteiger partial charge on any atom is -0.508 e. The van der Waals surface area contributed by atoms with Gasteiger partial charge in [-0.25, -0.2) is 9.97 Å². The summed E-state index contributed by atoms with van der Waals surface area (Å²) in [5.74, 6) is -0.491. The van der Waals surface area contributed by atoms with Crippen molar-refractivity contribution in [2.45, 2.75) is 13.8 Å².